The minimum Gasteiger partial charge on any atom is -0.496 e. The lowest BCUT2D eigenvalue weighted by Crippen LogP contribution is -2.03. The number of rotatable bonds is 6. The van der Waals surface area contributed by atoms with E-state index in [2.05, 4.69) is 22.2 Å². The lowest BCUT2D eigenvalue weighted by atomic mass is 10.1. The Kier molecular flexibility index (Phi) is 4.76. The standard InChI is InChI=1S/C15H19N3O2/c1-4-8-17-14-10-16-9-11(18-14)15-12(19-2)6-5-7-13(15)20-3/h5-7,9-10H,4,8H2,1-3H3,(H,17,18). The van der Waals surface area contributed by atoms with E-state index in [1.54, 1.807) is 26.6 Å². The topological polar surface area (TPSA) is 56.3 Å². The molecular weight excluding hydrogens is 254 g/mol. The molecule has 1 aromatic carbocycles. The molecule has 5 nitrogen and oxygen atoms in total. The van der Waals surface area contributed by atoms with E-state index in [0.717, 1.165) is 30.0 Å². The number of anilines is 1. The predicted molar refractivity (Wildman–Crippen MR) is 79.4 cm³/mol. The zero-order valence-corrected chi connectivity index (χ0v) is 12.0. The van der Waals surface area contributed by atoms with E-state index < -0.39 is 0 Å². The Balaban J connectivity index is 2.45. The summed E-state index contributed by atoms with van der Waals surface area (Å²) in [6.07, 6.45) is 4.45. The Morgan fingerprint density at radius 1 is 1.10 bits per heavy atom. The second kappa shape index (κ2) is 6.75. The van der Waals surface area contributed by atoms with Gasteiger partial charge in [-0.2, -0.15) is 0 Å². The third kappa shape index (κ3) is 2.99. The Morgan fingerprint density at radius 3 is 2.40 bits per heavy atom. The van der Waals surface area contributed by atoms with Crippen molar-refractivity contribution < 1.29 is 9.47 Å². The Bertz CT molecular complexity index is 551. The highest BCUT2D eigenvalue weighted by Crippen LogP contribution is 2.37. The van der Waals surface area contributed by atoms with Crippen molar-refractivity contribution in [3.05, 3.63) is 30.6 Å². The molecule has 0 fully saturated rings. The summed E-state index contributed by atoms with van der Waals surface area (Å²) in [7, 11) is 3.26. The van der Waals surface area contributed by atoms with Gasteiger partial charge in [0, 0.05) is 6.54 Å². The van der Waals surface area contributed by atoms with E-state index in [0.29, 0.717) is 11.5 Å². The molecule has 0 atom stereocenters. The fraction of sp³-hybridized carbons (Fsp3) is 0.333. The Hall–Kier alpha value is -2.30. The van der Waals surface area contributed by atoms with Gasteiger partial charge in [0.1, 0.15) is 17.3 Å². The van der Waals surface area contributed by atoms with E-state index in [1.807, 2.05) is 18.2 Å². The molecule has 0 unspecified atom stereocenters. The van der Waals surface area contributed by atoms with Crippen LogP contribution in [0.4, 0.5) is 5.82 Å². The van der Waals surface area contributed by atoms with Crippen LogP contribution in [0, 0.1) is 0 Å². The zero-order chi connectivity index (χ0) is 14.4. The van der Waals surface area contributed by atoms with Crippen molar-refractivity contribution in [2.24, 2.45) is 0 Å². The highest BCUT2D eigenvalue weighted by atomic mass is 16.5. The van der Waals surface area contributed by atoms with Gasteiger partial charge in [-0.3, -0.25) is 4.98 Å². The van der Waals surface area contributed by atoms with E-state index in [4.69, 9.17) is 9.47 Å². The van der Waals surface area contributed by atoms with Crippen LogP contribution in [0.5, 0.6) is 11.5 Å². The minimum atomic E-state index is 0.714. The zero-order valence-electron chi connectivity index (χ0n) is 12.0. The first-order valence-electron chi connectivity index (χ1n) is 6.57. The van der Waals surface area contributed by atoms with Gasteiger partial charge in [-0.05, 0) is 18.6 Å². The maximum Gasteiger partial charge on any atom is 0.145 e. The number of ether oxygens (including phenoxy) is 2. The summed E-state index contributed by atoms with van der Waals surface area (Å²) in [6.45, 7) is 2.97. The number of hydrogen-bond donors (Lipinski definition) is 1. The minimum absolute atomic E-state index is 0.714. The van der Waals surface area contributed by atoms with Crippen molar-refractivity contribution in [2.45, 2.75) is 13.3 Å². The second-order valence-corrected chi connectivity index (χ2v) is 4.25. The van der Waals surface area contributed by atoms with Crippen molar-refractivity contribution in [1.29, 1.82) is 0 Å². The molecule has 1 N–H and O–H groups in total. The van der Waals surface area contributed by atoms with Crippen molar-refractivity contribution in [3.8, 4) is 22.8 Å². The van der Waals surface area contributed by atoms with Crippen LogP contribution in [0.1, 0.15) is 13.3 Å². The Labute approximate surface area is 119 Å². The summed E-state index contributed by atoms with van der Waals surface area (Å²) in [5, 5.41) is 3.22. The van der Waals surface area contributed by atoms with Gasteiger partial charge in [-0.15, -0.1) is 0 Å². The number of nitrogens with one attached hydrogen (secondary N) is 1. The summed E-state index contributed by atoms with van der Waals surface area (Å²) in [5.41, 5.74) is 1.53. The molecule has 1 heterocycles. The van der Waals surface area contributed by atoms with Gasteiger partial charge in [0.05, 0.1) is 37.9 Å². The van der Waals surface area contributed by atoms with Crippen LogP contribution >= 0.6 is 0 Å². The molecule has 0 aliphatic carbocycles. The number of aromatic nitrogens is 2. The monoisotopic (exact) mass is 273 g/mol. The van der Waals surface area contributed by atoms with E-state index in [9.17, 15) is 0 Å². The average molecular weight is 273 g/mol. The van der Waals surface area contributed by atoms with Crippen molar-refractivity contribution in [3.63, 3.8) is 0 Å². The predicted octanol–water partition coefficient (Wildman–Crippen LogP) is 2.98. The third-order valence-corrected chi connectivity index (χ3v) is 2.87. The molecule has 2 rings (SSSR count). The molecule has 0 bridgehead atoms. The molecule has 0 spiro atoms. The highest BCUT2D eigenvalue weighted by molar-refractivity contribution is 5.74. The first kappa shape index (κ1) is 14.1. The molecule has 1 aromatic heterocycles. The van der Waals surface area contributed by atoms with Gasteiger partial charge in [-0.25, -0.2) is 4.98 Å². The van der Waals surface area contributed by atoms with Crippen LogP contribution in [0.3, 0.4) is 0 Å². The fourth-order valence-corrected chi connectivity index (χ4v) is 1.93. The van der Waals surface area contributed by atoms with Crippen LogP contribution in [-0.4, -0.2) is 30.7 Å². The van der Waals surface area contributed by atoms with Crippen molar-refractivity contribution >= 4 is 5.82 Å². The lowest BCUT2D eigenvalue weighted by Gasteiger charge is -2.13. The molecular formula is C15H19N3O2. The van der Waals surface area contributed by atoms with Gasteiger partial charge in [0.25, 0.3) is 0 Å². The number of benzene rings is 1. The summed E-state index contributed by atoms with van der Waals surface area (Å²) in [5.74, 6) is 2.18. The Morgan fingerprint density at radius 2 is 1.80 bits per heavy atom. The van der Waals surface area contributed by atoms with Crippen LogP contribution in [0.15, 0.2) is 30.6 Å². The maximum atomic E-state index is 5.40. The van der Waals surface area contributed by atoms with Gasteiger partial charge in [0.2, 0.25) is 0 Å². The largest absolute Gasteiger partial charge is 0.496 e. The van der Waals surface area contributed by atoms with Gasteiger partial charge in [-0.1, -0.05) is 13.0 Å². The molecule has 0 aliphatic rings. The van der Waals surface area contributed by atoms with E-state index >= 15 is 0 Å². The summed E-state index contributed by atoms with van der Waals surface area (Å²) in [6, 6.07) is 5.64. The molecule has 0 aliphatic heterocycles. The van der Waals surface area contributed by atoms with Crippen molar-refractivity contribution in [2.75, 3.05) is 26.1 Å². The van der Waals surface area contributed by atoms with Gasteiger partial charge >= 0.3 is 0 Å². The number of methoxy groups -OCH3 is 2. The first-order valence-corrected chi connectivity index (χ1v) is 6.57. The van der Waals surface area contributed by atoms with Gasteiger partial charge in [0.15, 0.2) is 0 Å². The lowest BCUT2D eigenvalue weighted by molar-refractivity contribution is 0.397. The summed E-state index contributed by atoms with van der Waals surface area (Å²) >= 11 is 0. The molecule has 5 heteroatoms. The fourth-order valence-electron chi connectivity index (χ4n) is 1.93. The quantitative estimate of drug-likeness (QED) is 0.876. The molecule has 2 aromatic rings. The smallest absolute Gasteiger partial charge is 0.145 e. The molecule has 106 valence electrons. The number of hydrogen-bond acceptors (Lipinski definition) is 5. The van der Waals surface area contributed by atoms with Crippen molar-refractivity contribution in [1.82, 2.24) is 9.97 Å². The normalized spacial score (nSPS) is 10.2. The summed E-state index contributed by atoms with van der Waals surface area (Å²) < 4.78 is 10.8. The molecule has 20 heavy (non-hydrogen) atoms. The van der Waals surface area contributed by atoms with E-state index in [1.165, 1.54) is 0 Å². The third-order valence-electron chi connectivity index (χ3n) is 2.87. The number of nitrogens with zero attached hydrogens (tertiary/aromatic N) is 2. The first-order chi connectivity index (χ1) is 9.80. The van der Waals surface area contributed by atoms with E-state index in [-0.39, 0.29) is 0 Å². The molecule has 0 saturated heterocycles. The van der Waals surface area contributed by atoms with Gasteiger partial charge < -0.3 is 14.8 Å². The van der Waals surface area contributed by atoms with Crippen LogP contribution in [0.25, 0.3) is 11.3 Å². The van der Waals surface area contributed by atoms with Crippen LogP contribution < -0.4 is 14.8 Å². The summed E-state index contributed by atoms with van der Waals surface area (Å²) in [4.78, 5) is 8.79. The van der Waals surface area contributed by atoms with Crippen LogP contribution in [-0.2, 0) is 0 Å². The molecule has 0 radical (unpaired) electrons. The highest BCUT2D eigenvalue weighted by Gasteiger charge is 2.14. The maximum absolute atomic E-state index is 5.40. The van der Waals surface area contributed by atoms with Crippen LogP contribution in [0.2, 0.25) is 0 Å². The SMILES string of the molecule is CCCNc1cncc(-c2c(OC)cccc2OC)n1. The molecule has 0 saturated carbocycles. The molecule has 0 amide bonds. The average Bonchev–Trinajstić information content (AvgIpc) is 2.52. The second-order valence-electron chi connectivity index (χ2n) is 4.25.